The van der Waals surface area contributed by atoms with Crippen molar-refractivity contribution in [1.29, 1.82) is 0 Å². The minimum atomic E-state index is 1.09. The first-order chi connectivity index (χ1) is 17.3. The van der Waals surface area contributed by atoms with Crippen LogP contribution in [0.1, 0.15) is 0 Å². The lowest BCUT2D eigenvalue weighted by Gasteiger charge is -2.20. The predicted octanol–water partition coefficient (Wildman–Crippen LogP) is 10.4. The van der Waals surface area contributed by atoms with Crippen molar-refractivity contribution < 1.29 is 0 Å². The molecule has 0 aliphatic carbocycles. The van der Waals surface area contributed by atoms with Gasteiger partial charge >= 0.3 is 0 Å². The van der Waals surface area contributed by atoms with Gasteiger partial charge in [-0.1, -0.05) is 125 Å². The number of fused-ring (bicyclic) bond motifs is 5. The molecule has 164 valence electrons. The fraction of sp³-hybridized carbons (Fsp3) is 0. The molecule has 0 spiro atoms. The summed E-state index contributed by atoms with van der Waals surface area (Å²) >= 11 is 3.76. The van der Waals surface area contributed by atoms with Crippen LogP contribution in [0.3, 0.4) is 0 Å². The van der Waals surface area contributed by atoms with Crippen molar-refractivity contribution in [2.45, 2.75) is 0 Å². The molecule has 0 radical (unpaired) electrons. The largest absolute Gasteiger partial charge is 0.0622 e. The van der Waals surface area contributed by atoms with Crippen LogP contribution in [0, 0.1) is 0 Å². The van der Waals surface area contributed by atoms with Crippen LogP contribution >= 0.6 is 15.9 Å². The zero-order valence-electron chi connectivity index (χ0n) is 19.0. The summed E-state index contributed by atoms with van der Waals surface area (Å²) in [6, 6.07) is 46.2. The number of rotatable bonds is 2. The molecular weight excluding hydrogens is 488 g/mol. The highest BCUT2D eigenvalue weighted by Gasteiger charge is 2.19. The standard InChI is InChI=1S/C34H21Br/c35-24-18-19-30-32(21-24)33(22-10-2-1-3-11-22)28-16-8-9-17-29(28)34(30)31-20-23-12-4-5-13-25(23)26-14-6-7-15-27(26)31/h1-21H. The molecule has 7 aromatic rings. The number of hydrogen-bond donors (Lipinski definition) is 0. The van der Waals surface area contributed by atoms with Crippen molar-refractivity contribution in [3.8, 4) is 22.3 Å². The van der Waals surface area contributed by atoms with Crippen molar-refractivity contribution >= 4 is 59.0 Å². The van der Waals surface area contributed by atoms with E-state index in [0.717, 1.165) is 4.47 Å². The molecule has 0 atom stereocenters. The SMILES string of the molecule is Brc1ccc2c(-c3cc4ccccc4c4ccccc34)c3ccccc3c(-c3ccccc3)c2c1. The fourth-order valence-corrected chi connectivity index (χ4v) is 5.98. The quantitative estimate of drug-likeness (QED) is 0.161. The van der Waals surface area contributed by atoms with Gasteiger partial charge in [-0.25, -0.2) is 0 Å². The lowest BCUT2D eigenvalue weighted by molar-refractivity contribution is 1.65. The molecule has 0 unspecified atom stereocenters. The molecule has 0 aliphatic heterocycles. The maximum atomic E-state index is 3.76. The Morgan fingerprint density at radius 3 is 1.71 bits per heavy atom. The molecule has 0 N–H and O–H groups in total. The topological polar surface area (TPSA) is 0 Å². The van der Waals surface area contributed by atoms with Crippen molar-refractivity contribution in [2.24, 2.45) is 0 Å². The van der Waals surface area contributed by atoms with Crippen LogP contribution in [0.15, 0.2) is 132 Å². The lowest BCUT2D eigenvalue weighted by atomic mass is 9.84. The van der Waals surface area contributed by atoms with Crippen LogP contribution in [0.25, 0.3) is 65.3 Å². The summed E-state index contributed by atoms with van der Waals surface area (Å²) in [6.45, 7) is 0. The molecule has 0 aliphatic rings. The van der Waals surface area contributed by atoms with Crippen LogP contribution in [0.4, 0.5) is 0 Å². The third-order valence-corrected chi connectivity index (χ3v) is 7.58. The molecule has 0 amide bonds. The van der Waals surface area contributed by atoms with E-state index in [9.17, 15) is 0 Å². The minimum absolute atomic E-state index is 1.09. The minimum Gasteiger partial charge on any atom is -0.0622 e. The average Bonchev–Trinajstić information content (AvgIpc) is 2.92. The van der Waals surface area contributed by atoms with Gasteiger partial charge in [0.05, 0.1) is 0 Å². The maximum Gasteiger partial charge on any atom is 0.0181 e. The Balaban J connectivity index is 1.73. The fourth-order valence-electron chi connectivity index (χ4n) is 5.62. The van der Waals surface area contributed by atoms with Gasteiger partial charge in [0.1, 0.15) is 0 Å². The van der Waals surface area contributed by atoms with Gasteiger partial charge in [0, 0.05) is 4.47 Å². The first kappa shape index (κ1) is 20.4. The van der Waals surface area contributed by atoms with E-state index in [1.807, 2.05) is 0 Å². The Hall–Kier alpha value is -3.94. The van der Waals surface area contributed by atoms with E-state index >= 15 is 0 Å². The Morgan fingerprint density at radius 2 is 0.943 bits per heavy atom. The van der Waals surface area contributed by atoms with Gasteiger partial charge < -0.3 is 0 Å². The summed E-state index contributed by atoms with van der Waals surface area (Å²) in [5.74, 6) is 0. The van der Waals surface area contributed by atoms with E-state index in [1.54, 1.807) is 0 Å². The first-order valence-electron chi connectivity index (χ1n) is 11.9. The van der Waals surface area contributed by atoms with Crippen molar-refractivity contribution in [3.63, 3.8) is 0 Å². The van der Waals surface area contributed by atoms with Gasteiger partial charge in [-0.05, 0) is 83.5 Å². The van der Waals surface area contributed by atoms with Gasteiger partial charge in [0.25, 0.3) is 0 Å². The van der Waals surface area contributed by atoms with Crippen molar-refractivity contribution in [3.05, 3.63) is 132 Å². The van der Waals surface area contributed by atoms with Crippen LogP contribution < -0.4 is 0 Å². The second-order valence-electron chi connectivity index (χ2n) is 9.04. The van der Waals surface area contributed by atoms with Gasteiger partial charge in [-0.15, -0.1) is 0 Å². The number of benzene rings is 7. The van der Waals surface area contributed by atoms with Gasteiger partial charge in [0.15, 0.2) is 0 Å². The third kappa shape index (κ3) is 3.20. The highest BCUT2D eigenvalue weighted by Crippen LogP contribution is 2.46. The molecule has 0 saturated heterocycles. The summed E-state index contributed by atoms with van der Waals surface area (Å²) in [5, 5.41) is 10.2. The highest BCUT2D eigenvalue weighted by molar-refractivity contribution is 9.10. The van der Waals surface area contributed by atoms with E-state index in [4.69, 9.17) is 0 Å². The van der Waals surface area contributed by atoms with Crippen LogP contribution in [-0.2, 0) is 0 Å². The molecule has 0 fully saturated rings. The Labute approximate surface area is 212 Å². The Bertz CT molecular complexity index is 1900. The second-order valence-corrected chi connectivity index (χ2v) is 9.96. The average molecular weight is 509 g/mol. The van der Waals surface area contributed by atoms with E-state index in [1.165, 1.54) is 65.3 Å². The molecule has 7 rings (SSSR count). The normalized spacial score (nSPS) is 11.6. The summed E-state index contributed by atoms with van der Waals surface area (Å²) in [4.78, 5) is 0. The second kappa shape index (κ2) is 8.08. The molecule has 0 bridgehead atoms. The summed E-state index contributed by atoms with van der Waals surface area (Å²) in [6.07, 6.45) is 0. The molecule has 1 heteroatoms. The smallest absolute Gasteiger partial charge is 0.0181 e. The van der Waals surface area contributed by atoms with Gasteiger partial charge in [-0.3, -0.25) is 0 Å². The van der Waals surface area contributed by atoms with Crippen LogP contribution in [-0.4, -0.2) is 0 Å². The molecule has 7 aromatic carbocycles. The predicted molar refractivity (Wildman–Crippen MR) is 155 cm³/mol. The van der Waals surface area contributed by atoms with Gasteiger partial charge in [-0.2, -0.15) is 0 Å². The molecule has 0 aromatic heterocycles. The van der Waals surface area contributed by atoms with E-state index in [2.05, 4.69) is 143 Å². The van der Waals surface area contributed by atoms with Gasteiger partial charge in [0.2, 0.25) is 0 Å². The summed E-state index contributed by atoms with van der Waals surface area (Å²) in [7, 11) is 0. The molecular formula is C34H21Br. The monoisotopic (exact) mass is 508 g/mol. The molecule has 0 saturated carbocycles. The van der Waals surface area contributed by atoms with Crippen molar-refractivity contribution in [1.82, 2.24) is 0 Å². The summed E-state index contributed by atoms with van der Waals surface area (Å²) < 4.78 is 1.09. The first-order valence-corrected chi connectivity index (χ1v) is 12.7. The van der Waals surface area contributed by atoms with Crippen LogP contribution in [0.2, 0.25) is 0 Å². The molecule has 0 nitrogen and oxygen atoms in total. The number of halogens is 1. The van der Waals surface area contributed by atoms with Crippen molar-refractivity contribution in [2.75, 3.05) is 0 Å². The van der Waals surface area contributed by atoms with Crippen LogP contribution in [0.5, 0.6) is 0 Å². The zero-order valence-corrected chi connectivity index (χ0v) is 20.6. The van der Waals surface area contributed by atoms with E-state index < -0.39 is 0 Å². The highest BCUT2D eigenvalue weighted by atomic mass is 79.9. The Kier molecular flexibility index (Phi) is 4.72. The Morgan fingerprint density at radius 1 is 0.371 bits per heavy atom. The lowest BCUT2D eigenvalue weighted by Crippen LogP contribution is -1.92. The van der Waals surface area contributed by atoms with E-state index in [-0.39, 0.29) is 0 Å². The maximum absolute atomic E-state index is 3.76. The zero-order chi connectivity index (χ0) is 23.4. The number of hydrogen-bond acceptors (Lipinski definition) is 0. The molecule has 0 heterocycles. The van der Waals surface area contributed by atoms with E-state index in [0.29, 0.717) is 0 Å². The third-order valence-electron chi connectivity index (χ3n) is 7.09. The summed E-state index contributed by atoms with van der Waals surface area (Å²) in [5.41, 5.74) is 5.10. The molecule has 35 heavy (non-hydrogen) atoms.